The third-order valence-electron chi connectivity index (χ3n) is 3.49. The molecule has 0 bridgehead atoms. The molecule has 0 saturated carbocycles. The van der Waals surface area contributed by atoms with E-state index in [1.54, 1.807) is 0 Å². The van der Waals surface area contributed by atoms with Crippen LogP contribution in [0.2, 0.25) is 0 Å². The summed E-state index contributed by atoms with van der Waals surface area (Å²) in [5.74, 6) is 1.07. The molecule has 2 aliphatic rings. The number of aromatic nitrogens is 1. The zero-order valence-corrected chi connectivity index (χ0v) is 9.57. The molecule has 86 valence electrons. The number of rotatable bonds is 2. The van der Waals surface area contributed by atoms with Gasteiger partial charge in [-0.2, -0.15) is 0 Å². The van der Waals surface area contributed by atoms with Crippen LogP contribution in [-0.2, 0) is 18.0 Å². The predicted octanol–water partition coefficient (Wildman–Crippen LogP) is 0.910. The van der Waals surface area contributed by atoms with Crippen LogP contribution in [0.4, 0.5) is 5.82 Å². The van der Waals surface area contributed by atoms with Crippen LogP contribution >= 0.6 is 0 Å². The molecule has 0 aromatic carbocycles. The first-order valence-electron chi connectivity index (χ1n) is 5.84. The second-order valence-electron chi connectivity index (χ2n) is 4.53. The lowest BCUT2D eigenvalue weighted by Gasteiger charge is -2.25. The van der Waals surface area contributed by atoms with Gasteiger partial charge in [0.1, 0.15) is 5.82 Å². The molecule has 3 rings (SSSR count). The minimum absolute atomic E-state index is 0.577. The van der Waals surface area contributed by atoms with Gasteiger partial charge in [-0.1, -0.05) is 6.07 Å². The molecule has 1 N–H and O–H groups in total. The fourth-order valence-corrected chi connectivity index (χ4v) is 2.39. The number of hydrogen-bond acceptors (Lipinski definition) is 4. The van der Waals surface area contributed by atoms with Crippen molar-refractivity contribution in [3.8, 4) is 0 Å². The van der Waals surface area contributed by atoms with Crippen LogP contribution in [0.5, 0.6) is 0 Å². The molecule has 1 saturated heterocycles. The third-order valence-corrected chi connectivity index (χ3v) is 3.49. The van der Waals surface area contributed by atoms with E-state index in [0.717, 1.165) is 31.2 Å². The van der Waals surface area contributed by atoms with Gasteiger partial charge in [-0.15, -0.1) is 0 Å². The summed E-state index contributed by atoms with van der Waals surface area (Å²) in [5.41, 5.74) is 2.34. The minimum atomic E-state index is 0.577. The number of likely N-dealkylation sites (N-methyl/N-ethyl adjacent to an activating group) is 1. The van der Waals surface area contributed by atoms with Crippen LogP contribution in [0.25, 0.3) is 0 Å². The molecular weight excluding hydrogens is 202 g/mol. The van der Waals surface area contributed by atoms with Crippen LogP contribution < -0.4 is 10.2 Å². The molecule has 16 heavy (non-hydrogen) atoms. The van der Waals surface area contributed by atoms with Gasteiger partial charge >= 0.3 is 0 Å². The lowest BCUT2D eigenvalue weighted by molar-refractivity contribution is 0.133. The first-order valence-corrected chi connectivity index (χ1v) is 5.84. The smallest absolute Gasteiger partial charge is 0.128 e. The quantitative estimate of drug-likeness (QED) is 0.802. The highest BCUT2D eigenvalue weighted by atomic mass is 16.5. The van der Waals surface area contributed by atoms with Crippen LogP contribution in [0.3, 0.4) is 0 Å². The van der Waals surface area contributed by atoms with E-state index in [-0.39, 0.29) is 0 Å². The summed E-state index contributed by atoms with van der Waals surface area (Å²) < 4.78 is 5.38. The maximum atomic E-state index is 5.38. The van der Waals surface area contributed by atoms with Gasteiger partial charge in [0.05, 0.1) is 18.9 Å². The molecule has 0 aliphatic carbocycles. The molecule has 1 aromatic heterocycles. The zero-order valence-electron chi connectivity index (χ0n) is 9.57. The lowest BCUT2D eigenvalue weighted by Crippen LogP contribution is -2.34. The Bertz CT molecular complexity index is 388. The van der Waals surface area contributed by atoms with Gasteiger partial charge in [0.2, 0.25) is 0 Å². The summed E-state index contributed by atoms with van der Waals surface area (Å²) >= 11 is 0. The van der Waals surface area contributed by atoms with Gasteiger partial charge in [-0.25, -0.2) is 4.98 Å². The molecule has 0 radical (unpaired) electrons. The topological polar surface area (TPSA) is 37.4 Å². The van der Waals surface area contributed by atoms with Crippen molar-refractivity contribution < 1.29 is 4.74 Å². The average molecular weight is 219 g/mol. The van der Waals surface area contributed by atoms with Crippen molar-refractivity contribution in [2.45, 2.75) is 25.7 Å². The van der Waals surface area contributed by atoms with E-state index < -0.39 is 0 Å². The van der Waals surface area contributed by atoms with Gasteiger partial charge < -0.3 is 15.0 Å². The van der Waals surface area contributed by atoms with Gasteiger partial charge in [0, 0.05) is 25.2 Å². The summed E-state index contributed by atoms with van der Waals surface area (Å²) in [5, 5.41) is 3.38. The predicted molar refractivity (Wildman–Crippen MR) is 62.4 cm³/mol. The highest BCUT2D eigenvalue weighted by Crippen LogP contribution is 2.23. The normalized spacial score (nSPS) is 23.4. The minimum Gasteiger partial charge on any atom is -0.370 e. The van der Waals surface area contributed by atoms with Gasteiger partial charge in [-0.05, 0) is 19.0 Å². The molecule has 1 fully saturated rings. The first-order chi connectivity index (χ1) is 7.84. The Morgan fingerprint density at radius 1 is 1.44 bits per heavy atom. The molecule has 2 aliphatic heterocycles. The molecular formula is C12H17N3O. The Labute approximate surface area is 95.6 Å². The third kappa shape index (κ3) is 1.68. The molecule has 1 unspecified atom stereocenters. The largest absolute Gasteiger partial charge is 0.370 e. The lowest BCUT2D eigenvalue weighted by atomic mass is 10.2. The van der Waals surface area contributed by atoms with Gasteiger partial charge in [-0.3, -0.25) is 0 Å². The molecule has 3 heterocycles. The van der Waals surface area contributed by atoms with E-state index >= 15 is 0 Å². The van der Waals surface area contributed by atoms with Gasteiger partial charge in [0.15, 0.2) is 0 Å². The summed E-state index contributed by atoms with van der Waals surface area (Å²) in [7, 11) is 2.13. The Kier molecular flexibility index (Phi) is 2.53. The molecule has 4 heteroatoms. The fraction of sp³-hybridized carbons (Fsp3) is 0.583. The second kappa shape index (κ2) is 4.03. The highest BCUT2D eigenvalue weighted by Gasteiger charge is 2.21. The van der Waals surface area contributed by atoms with Crippen molar-refractivity contribution in [3.05, 3.63) is 23.4 Å². The van der Waals surface area contributed by atoms with Crippen molar-refractivity contribution >= 4 is 5.82 Å². The fourth-order valence-electron chi connectivity index (χ4n) is 2.39. The molecule has 0 amide bonds. The molecule has 4 nitrogen and oxygen atoms in total. The Morgan fingerprint density at radius 2 is 2.38 bits per heavy atom. The SMILES string of the molecule is CN(c1ccc2c(n1)COC2)C1CCNC1. The van der Waals surface area contributed by atoms with Crippen LogP contribution in [0, 0.1) is 0 Å². The van der Waals surface area contributed by atoms with Crippen molar-refractivity contribution in [2.75, 3.05) is 25.0 Å². The van der Waals surface area contributed by atoms with E-state index in [0.29, 0.717) is 12.6 Å². The van der Waals surface area contributed by atoms with Crippen molar-refractivity contribution in [1.82, 2.24) is 10.3 Å². The van der Waals surface area contributed by atoms with E-state index in [1.165, 1.54) is 12.0 Å². The summed E-state index contributed by atoms with van der Waals surface area (Å²) in [6.45, 7) is 3.56. The van der Waals surface area contributed by atoms with E-state index in [2.05, 4.69) is 34.4 Å². The Hall–Kier alpha value is -1.13. The maximum Gasteiger partial charge on any atom is 0.128 e. The van der Waals surface area contributed by atoms with Gasteiger partial charge in [0.25, 0.3) is 0 Å². The average Bonchev–Trinajstić information content (AvgIpc) is 2.98. The number of nitrogens with one attached hydrogen (secondary N) is 1. The van der Waals surface area contributed by atoms with E-state index in [1.807, 2.05) is 0 Å². The van der Waals surface area contributed by atoms with E-state index in [4.69, 9.17) is 4.74 Å². The number of fused-ring (bicyclic) bond motifs is 1. The maximum absolute atomic E-state index is 5.38. The van der Waals surface area contributed by atoms with Crippen LogP contribution in [0.15, 0.2) is 12.1 Å². The Morgan fingerprint density at radius 3 is 3.19 bits per heavy atom. The number of hydrogen-bond donors (Lipinski definition) is 1. The number of anilines is 1. The Balaban J connectivity index is 1.83. The van der Waals surface area contributed by atoms with Crippen LogP contribution in [-0.4, -0.2) is 31.2 Å². The van der Waals surface area contributed by atoms with Crippen molar-refractivity contribution in [3.63, 3.8) is 0 Å². The standard InChI is InChI=1S/C12H17N3O/c1-15(10-4-5-13-6-10)12-3-2-9-7-16-8-11(9)14-12/h2-3,10,13H,4-8H2,1H3. The van der Waals surface area contributed by atoms with Crippen LogP contribution in [0.1, 0.15) is 17.7 Å². The molecule has 1 atom stereocenters. The second-order valence-corrected chi connectivity index (χ2v) is 4.53. The molecule has 0 spiro atoms. The molecule has 1 aromatic rings. The zero-order chi connectivity index (χ0) is 11.0. The summed E-state index contributed by atoms with van der Waals surface area (Å²) in [6, 6.07) is 4.82. The summed E-state index contributed by atoms with van der Waals surface area (Å²) in [4.78, 5) is 6.95. The van der Waals surface area contributed by atoms with Crippen molar-refractivity contribution in [2.24, 2.45) is 0 Å². The first kappa shape index (κ1) is 10.1. The van der Waals surface area contributed by atoms with E-state index in [9.17, 15) is 0 Å². The number of nitrogens with zero attached hydrogens (tertiary/aromatic N) is 2. The summed E-state index contributed by atoms with van der Waals surface area (Å²) in [6.07, 6.45) is 1.20. The monoisotopic (exact) mass is 219 g/mol. The number of ether oxygens (including phenoxy) is 1. The number of pyridine rings is 1. The van der Waals surface area contributed by atoms with Crippen molar-refractivity contribution in [1.29, 1.82) is 0 Å². The highest BCUT2D eigenvalue weighted by molar-refractivity contribution is 5.43.